The van der Waals surface area contributed by atoms with Crippen molar-refractivity contribution >= 4 is 12.0 Å². The largest absolute Gasteiger partial charge is 0.465 e. The lowest BCUT2D eigenvalue weighted by molar-refractivity contribution is -0.125. The Labute approximate surface area is 74.5 Å². The highest BCUT2D eigenvalue weighted by molar-refractivity contribution is 5.83. The number of carbonyl (C=O) groups is 2. The van der Waals surface area contributed by atoms with Gasteiger partial charge in [-0.15, -0.1) is 0 Å². The smallest absolute Gasteiger partial charge is 0.408 e. The first-order valence-corrected chi connectivity index (χ1v) is 4.05. The van der Waals surface area contributed by atoms with E-state index in [1.54, 1.807) is 0 Å². The second kappa shape index (κ2) is 2.88. The van der Waals surface area contributed by atoms with Gasteiger partial charge in [0.2, 0.25) is 5.91 Å². The Morgan fingerprint density at radius 1 is 1.62 bits per heavy atom. The minimum Gasteiger partial charge on any atom is -0.465 e. The van der Waals surface area contributed by atoms with Gasteiger partial charge in [-0.2, -0.15) is 0 Å². The van der Waals surface area contributed by atoms with Crippen molar-refractivity contribution in [3.05, 3.63) is 0 Å². The molecular weight excluding hydrogens is 176 g/mol. The number of fused-ring (bicyclic) bond motifs is 1. The summed E-state index contributed by atoms with van der Waals surface area (Å²) in [5.41, 5.74) is 0. The van der Waals surface area contributed by atoms with Crippen molar-refractivity contribution in [2.24, 2.45) is 0 Å². The van der Waals surface area contributed by atoms with Gasteiger partial charge in [0.1, 0.15) is 6.54 Å². The number of hydrogen-bond acceptors (Lipinski definition) is 3. The number of amides is 2. The maximum atomic E-state index is 11.0. The zero-order valence-corrected chi connectivity index (χ0v) is 6.90. The third kappa shape index (κ3) is 1.33. The number of ether oxygens (including phenoxy) is 1. The van der Waals surface area contributed by atoms with Crippen LogP contribution in [0.1, 0.15) is 0 Å². The number of nitrogens with one attached hydrogen (secondary N) is 1. The molecule has 2 aliphatic heterocycles. The molecule has 0 aromatic carbocycles. The number of piperazine rings is 1. The Morgan fingerprint density at radius 2 is 2.38 bits per heavy atom. The van der Waals surface area contributed by atoms with Crippen LogP contribution in [0.4, 0.5) is 4.79 Å². The quantitative estimate of drug-likeness (QED) is 0.501. The average molecular weight is 186 g/mol. The van der Waals surface area contributed by atoms with E-state index in [2.05, 4.69) is 5.32 Å². The SMILES string of the molecule is O=C1CN(C(=O)O)[C@@H]2COC[C@@H]2N1. The molecule has 0 radical (unpaired) electrons. The summed E-state index contributed by atoms with van der Waals surface area (Å²) in [6.07, 6.45) is -1.06. The van der Waals surface area contributed by atoms with E-state index in [-0.39, 0.29) is 24.5 Å². The molecule has 2 saturated heterocycles. The van der Waals surface area contributed by atoms with Crippen LogP contribution in [0.15, 0.2) is 0 Å². The number of rotatable bonds is 0. The Hall–Kier alpha value is -1.30. The third-order valence-electron chi connectivity index (χ3n) is 2.36. The van der Waals surface area contributed by atoms with Gasteiger partial charge < -0.3 is 15.2 Å². The molecule has 0 bridgehead atoms. The summed E-state index contributed by atoms with van der Waals surface area (Å²) in [6.45, 7) is 0.692. The fourth-order valence-electron chi connectivity index (χ4n) is 1.72. The number of nitrogens with zero attached hydrogens (tertiary/aromatic N) is 1. The van der Waals surface area contributed by atoms with Crippen molar-refractivity contribution in [2.45, 2.75) is 12.1 Å². The second-order valence-electron chi connectivity index (χ2n) is 3.19. The standard InChI is InChI=1S/C7H10N2O4/c10-6-1-9(7(11)12)5-3-13-2-4(5)8-6/h4-5H,1-3H2,(H,8,10)(H,11,12)/t4-,5+/m0/s1. The zero-order chi connectivity index (χ0) is 9.42. The Morgan fingerprint density at radius 3 is 3.08 bits per heavy atom. The second-order valence-corrected chi connectivity index (χ2v) is 3.19. The minimum absolute atomic E-state index is 0.0835. The molecule has 6 heteroatoms. The molecule has 0 spiro atoms. The summed E-state index contributed by atoms with van der Waals surface area (Å²) in [7, 11) is 0. The van der Waals surface area contributed by atoms with Crippen LogP contribution in [0.3, 0.4) is 0 Å². The van der Waals surface area contributed by atoms with Crippen molar-refractivity contribution in [3.63, 3.8) is 0 Å². The number of hydrogen-bond donors (Lipinski definition) is 2. The molecule has 0 aromatic rings. The fourth-order valence-corrected chi connectivity index (χ4v) is 1.72. The van der Waals surface area contributed by atoms with Gasteiger partial charge in [0.15, 0.2) is 0 Å². The van der Waals surface area contributed by atoms with E-state index in [9.17, 15) is 9.59 Å². The van der Waals surface area contributed by atoms with Gasteiger partial charge >= 0.3 is 6.09 Å². The molecule has 2 aliphatic rings. The lowest BCUT2D eigenvalue weighted by Gasteiger charge is -2.34. The van der Waals surface area contributed by atoms with E-state index in [4.69, 9.17) is 9.84 Å². The Balaban J connectivity index is 2.16. The van der Waals surface area contributed by atoms with Crippen LogP contribution >= 0.6 is 0 Å². The van der Waals surface area contributed by atoms with E-state index in [0.29, 0.717) is 13.2 Å². The molecule has 0 aliphatic carbocycles. The number of carbonyl (C=O) groups excluding carboxylic acids is 1. The molecule has 72 valence electrons. The predicted molar refractivity (Wildman–Crippen MR) is 41.3 cm³/mol. The molecule has 2 rings (SSSR count). The summed E-state index contributed by atoms with van der Waals surface area (Å²) < 4.78 is 5.10. The molecule has 0 aromatic heterocycles. The molecule has 6 nitrogen and oxygen atoms in total. The van der Waals surface area contributed by atoms with Crippen LogP contribution in [0.25, 0.3) is 0 Å². The molecule has 0 saturated carbocycles. The predicted octanol–water partition coefficient (Wildman–Crippen LogP) is -1.14. The lowest BCUT2D eigenvalue weighted by atomic mass is 10.1. The van der Waals surface area contributed by atoms with E-state index in [0.717, 1.165) is 4.90 Å². The highest BCUT2D eigenvalue weighted by atomic mass is 16.5. The van der Waals surface area contributed by atoms with Gasteiger partial charge in [0.05, 0.1) is 25.3 Å². The summed E-state index contributed by atoms with van der Waals surface area (Å²) in [4.78, 5) is 22.9. The summed E-state index contributed by atoms with van der Waals surface area (Å²) in [5.74, 6) is -0.255. The summed E-state index contributed by atoms with van der Waals surface area (Å²) in [6, 6.07) is -0.382. The van der Waals surface area contributed by atoms with Crippen molar-refractivity contribution in [1.82, 2.24) is 10.2 Å². The molecular formula is C7H10N2O4. The van der Waals surface area contributed by atoms with Crippen molar-refractivity contribution in [3.8, 4) is 0 Å². The fraction of sp³-hybridized carbons (Fsp3) is 0.714. The molecule has 0 unspecified atom stereocenters. The highest BCUT2D eigenvalue weighted by Crippen LogP contribution is 2.16. The van der Waals surface area contributed by atoms with Gasteiger partial charge in [-0.25, -0.2) is 4.79 Å². The van der Waals surface area contributed by atoms with Gasteiger partial charge in [0.25, 0.3) is 0 Å². The lowest BCUT2D eigenvalue weighted by Crippen LogP contribution is -2.61. The maximum Gasteiger partial charge on any atom is 0.408 e. The van der Waals surface area contributed by atoms with E-state index >= 15 is 0 Å². The highest BCUT2D eigenvalue weighted by Gasteiger charge is 2.41. The van der Waals surface area contributed by atoms with Crippen LogP contribution in [0.5, 0.6) is 0 Å². The van der Waals surface area contributed by atoms with Gasteiger partial charge in [-0.05, 0) is 0 Å². The number of carboxylic acid groups (broad SMARTS) is 1. The average Bonchev–Trinajstić information content (AvgIpc) is 2.49. The van der Waals surface area contributed by atoms with E-state index in [1.807, 2.05) is 0 Å². The van der Waals surface area contributed by atoms with Crippen LogP contribution in [-0.2, 0) is 9.53 Å². The Bertz CT molecular complexity index is 253. The van der Waals surface area contributed by atoms with Crippen LogP contribution in [0.2, 0.25) is 0 Å². The van der Waals surface area contributed by atoms with Crippen LogP contribution in [-0.4, -0.2) is 53.8 Å². The van der Waals surface area contributed by atoms with E-state index < -0.39 is 6.09 Å². The zero-order valence-electron chi connectivity index (χ0n) is 6.90. The molecule has 2 fully saturated rings. The topological polar surface area (TPSA) is 78.9 Å². The van der Waals surface area contributed by atoms with Crippen molar-refractivity contribution < 1.29 is 19.4 Å². The first-order valence-electron chi connectivity index (χ1n) is 4.05. The maximum absolute atomic E-state index is 11.0. The van der Waals surface area contributed by atoms with Gasteiger partial charge in [0, 0.05) is 0 Å². The van der Waals surface area contributed by atoms with Crippen molar-refractivity contribution in [1.29, 1.82) is 0 Å². The molecule has 2 N–H and O–H groups in total. The molecule has 2 heterocycles. The Kier molecular flexibility index (Phi) is 1.84. The summed E-state index contributed by atoms with van der Waals surface area (Å²) >= 11 is 0. The van der Waals surface area contributed by atoms with Crippen molar-refractivity contribution in [2.75, 3.05) is 19.8 Å². The van der Waals surface area contributed by atoms with Crippen LogP contribution < -0.4 is 5.32 Å². The molecule has 2 atom stereocenters. The molecule has 2 amide bonds. The third-order valence-corrected chi connectivity index (χ3v) is 2.36. The van der Waals surface area contributed by atoms with Gasteiger partial charge in [-0.1, -0.05) is 0 Å². The minimum atomic E-state index is -1.06. The first-order chi connectivity index (χ1) is 6.18. The summed E-state index contributed by atoms with van der Waals surface area (Å²) in [5, 5.41) is 11.5. The van der Waals surface area contributed by atoms with Crippen LogP contribution in [0, 0.1) is 0 Å². The normalized spacial score (nSPS) is 32.6. The molecule has 13 heavy (non-hydrogen) atoms. The van der Waals surface area contributed by atoms with E-state index in [1.165, 1.54) is 0 Å². The first kappa shape index (κ1) is 8.31. The van der Waals surface area contributed by atoms with Gasteiger partial charge in [-0.3, -0.25) is 9.69 Å². The monoisotopic (exact) mass is 186 g/mol.